The van der Waals surface area contributed by atoms with E-state index >= 15 is 0 Å². The van der Waals surface area contributed by atoms with Crippen LogP contribution in [0.3, 0.4) is 0 Å². The second kappa shape index (κ2) is 5.76. The number of halogens is 1. The lowest BCUT2D eigenvalue weighted by Gasteiger charge is -2.09. The van der Waals surface area contributed by atoms with Gasteiger partial charge in [0, 0.05) is 13.3 Å². The Morgan fingerprint density at radius 2 is 2.05 bits per heavy atom. The molecule has 2 rings (SSSR count). The number of sulfone groups is 1. The third-order valence-electron chi connectivity index (χ3n) is 2.44. The molecule has 0 radical (unpaired) electrons. The molecule has 0 atom stereocenters. The lowest BCUT2D eigenvalue weighted by atomic mass is 10.3. The summed E-state index contributed by atoms with van der Waals surface area (Å²) >= 11 is 3.33. The minimum absolute atomic E-state index is 0.189. The highest BCUT2D eigenvalue weighted by Gasteiger charge is 2.12. The Morgan fingerprint density at radius 3 is 2.70 bits per heavy atom. The van der Waals surface area contributed by atoms with E-state index in [2.05, 4.69) is 31.2 Å². The molecule has 106 valence electrons. The van der Waals surface area contributed by atoms with Crippen molar-refractivity contribution in [3.8, 4) is 11.6 Å². The van der Waals surface area contributed by atoms with Crippen LogP contribution < -0.4 is 10.1 Å². The van der Waals surface area contributed by atoms with Crippen molar-refractivity contribution < 1.29 is 13.2 Å². The molecule has 0 spiro atoms. The van der Waals surface area contributed by atoms with Gasteiger partial charge >= 0.3 is 0 Å². The molecule has 2 aromatic rings. The van der Waals surface area contributed by atoms with E-state index in [1.807, 2.05) is 0 Å². The van der Waals surface area contributed by atoms with Gasteiger partial charge in [0.05, 0.1) is 4.90 Å². The molecule has 1 heterocycles. The molecule has 6 nitrogen and oxygen atoms in total. The molecule has 0 saturated heterocycles. The maximum Gasteiger partial charge on any atom is 0.238 e. The molecule has 8 heteroatoms. The summed E-state index contributed by atoms with van der Waals surface area (Å²) in [7, 11) is -1.55. The molecular formula is C12H12BrN3O3S. The smallest absolute Gasteiger partial charge is 0.238 e. The molecule has 0 aliphatic heterocycles. The van der Waals surface area contributed by atoms with Crippen LogP contribution in [0, 0.1) is 0 Å². The molecule has 1 N–H and O–H groups in total. The maximum absolute atomic E-state index is 11.5. The van der Waals surface area contributed by atoms with Gasteiger partial charge < -0.3 is 10.1 Å². The molecule has 0 bridgehead atoms. The highest BCUT2D eigenvalue weighted by Crippen LogP contribution is 2.32. The fourth-order valence-corrected chi connectivity index (χ4v) is 2.62. The fourth-order valence-electron chi connectivity index (χ4n) is 1.48. The average Bonchev–Trinajstić information content (AvgIpc) is 2.40. The number of hydrogen-bond acceptors (Lipinski definition) is 6. The molecule has 0 fully saturated rings. The van der Waals surface area contributed by atoms with Gasteiger partial charge in [-0.3, -0.25) is 0 Å². The largest absolute Gasteiger partial charge is 0.438 e. The van der Waals surface area contributed by atoms with E-state index in [0.717, 1.165) is 6.26 Å². The minimum Gasteiger partial charge on any atom is -0.438 e. The zero-order chi connectivity index (χ0) is 14.8. The van der Waals surface area contributed by atoms with Gasteiger partial charge in [-0.25, -0.2) is 18.4 Å². The topological polar surface area (TPSA) is 81.2 Å². The van der Waals surface area contributed by atoms with Gasteiger partial charge in [0.1, 0.15) is 22.4 Å². The number of nitrogens with one attached hydrogen (secondary N) is 1. The van der Waals surface area contributed by atoms with Gasteiger partial charge in [0.25, 0.3) is 0 Å². The van der Waals surface area contributed by atoms with Crippen LogP contribution in [0.1, 0.15) is 0 Å². The van der Waals surface area contributed by atoms with E-state index < -0.39 is 9.84 Å². The van der Waals surface area contributed by atoms with Crippen molar-refractivity contribution in [2.24, 2.45) is 0 Å². The number of hydrogen-bond donors (Lipinski definition) is 1. The van der Waals surface area contributed by atoms with Gasteiger partial charge in [-0.2, -0.15) is 0 Å². The first-order valence-corrected chi connectivity index (χ1v) is 8.26. The summed E-state index contributed by atoms with van der Waals surface area (Å²) in [6.45, 7) is 0. The monoisotopic (exact) mass is 357 g/mol. The summed E-state index contributed by atoms with van der Waals surface area (Å²) in [6, 6.07) is 6.22. The first kappa shape index (κ1) is 14.7. The Hall–Kier alpha value is -1.67. The lowest BCUT2D eigenvalue weighted by Crippen LogP contribution is -1.99. The molecule has 1 aromatic heterocycles. The van der Waals surface area contributed by atoms with E-state index in [4.69, 9.17) is 4.74 Å². The van der Waals surface area contributed by atoms with Crippen LogP contribution in [0.4, 0.5) is 5.82 Å². The lowest BCUT2D eigenvalue weighted by molar-refractivity contribution is 0.457. The van der Waals surface area contributed by atoms with Crippen LogP contribution in [0.25, 0.3) is 0 Å². The maximum atomic E-state index is 11.5. The summed E-state index contributed by atoms with van der Waals surface area (Å²) in [5, 5.41) is 2.88. The van der Waals surface area contributed by atoms with Gasteiger partial charge in [-0.05, 0) is 34.1 Å². The van der Waals surface area contributed by atoms with Crippen molar-refractivity contribution in [3.63, 3.8) is 0 Å². The molecule has 1 aromatic carbocycles. The van der Waals surface area contributed by atoms with E-state index in [1.54, 1.807) is 19.2 Å². The number of nitrogens with zero attached hydrogens (tertiary/aromatic N) is 2. The van der Waals surface area contributed by atoms with Gasteiger partial charge in [-0.1, -0.05) is 6.07 Å². The zero-order valence-electron chi connectivity index (χ0n) is 10.8. The third kappa shape index (κ3) is 3.26. The average molecular weight is 358 g/mol. The normalized spacial score (nSPS) is 11.2. The van der Waals surface area contributed by atoms with Crippen LogP contribution in [-0.2, 0) is 9.84 Å². The van der Waals surface area contributed by atoms with Gasteiger partial charge in [0.2, 0.25) is 5.88 Å². The number of aromatic nitrogens is 2. The Kier molecular flexibility index (Phi) is 4.24. The molecule has 0 saturated carbocycles. The van der Waals surface area contributed by atoms with E-state index in [9.17, 15) is 8.42 Å². The second-order valence-corrected chi connectivity index (χ2v) is 6.75. The van der Waals surface area contributed by atoms with Crippen molar-refractivity contribution in [1.82, 2.24) is 9.97 Å². The molecule has 0 aliphatic carbocycles. The van der Waals surface area contributed by atoms with E-state index in [1.165, 1.54) is 18.5 Å². The molecule has 20 heavy (non-hydrogen) atoms. The fraction of sp³-hybridized carbons (Fsp3) is 0.167. The summed E-state index contributed by atoms with van der Waals surface area (Å²) in [4.78, 5) is 8.20. The summed E-state index contributed by atoms with van der Waals surface area (Å²) in [6.07, 6.45) is 2.50. The first-order chi connectivity index (χ1) is 9.41. The number of rotatable bonds is 4. The van der Waals surface area contributed by atoms with Crippen LogP contribution in [0.15, 0.2) is 40.0 Å². The molecule has 0 amide bonds. The SMILES string of the molecule is CNc1ncnc(Oc2cccc(S(C)(=O)=O)c2)c1Br. The highest BCUT2D eigenvalue weighted by molar-refractivity contribution is 9.10. The zero-order valence-corrected chi connectivity index (χ0v) is 13.2. The number of ether oxygens (including phenoxy) is 1. The van der Waals surface area contributed by atoms with E-state index in [-0.39, 0.29) is 4.90 Å². The van der Waals surface area contributed by atoms with Crippen molar-refractivity contribution in [3.05, 3.63) is 35.1 Å². The Morgan fingerprint density at radius 1 is 1.30 bits per heavy atom. The third-order valence-corrected chi connectivity index (χ3v) is 4.27. The van der Waals surface area contributed by atoms with Gasteiger partial charge in [0.15, 0.2) is 9.84 Å². The van der Waals surface area contributed by atoms with Crippen LogP contribution in [-0.4, -0.2) is 31.7 Å². The van der Waals surface area contributed by atoms with Crippen LogP contribution in [0.5, 0.6) is 11.6 Å². The summed E-state index contributed by atoms with van der Waals surface area (Å²) < 4.78 is 29.2. The van der Waals surface area contributed by atoms with Gasteiger partial charge in [-0.15, -0.1) is 0 Å². The van der Waals surface area contributed by atoms with Crippen molar-refractivity contribution >= 4 is 31.6 Å². The van der Waals surface area contributed by atoms with Crippen LogP contribution >= 0.6 is 15.9 Å². The Labute approximate surface area is 125 Å². The summed E-state index contributed by atoms with van der Waals surface area (Å²) in [5.74, 6) is 1.26. The first-order valence-electron chi connectivity index (χ1n) is 5.58. The quantitative estimate of drug-likeness (QED) is 0.904. The Balaban J connectivity index is 2.36. The van der Waals surface area contributed by atoms with E-state index in [0.29, 0.717) is 21.9 Å². The van der Waals surface area contributed by atoms with Crippen molar-refractivity contribution in [1.29, 1.82) is 0 Å². The van der Waals surface area contributed by atoms with Crippen molar-refractivity contribution in [2.45, 2.75) is 4.90 Å². The predicted molar refractivity (Wildman–Crippen MR) is 78.9 cm³/mol. The predicted octanol–water partition coefficient (Wildman–Crippen LogP) is 2.48. The molecule has 0 aliphatic rings. The summed E-state index contributed by atoms with van der Waals surface area (Å²) in [5.41, 5.74) is 0. The highest BCUT2D eigenvalue weighted by atomic mass is 79.9. The minimum atomic E-state index is -3.28. The Bertz CT molecular complexity index is 734. The number of benzene rings is 1. The number of anilines is 1. The second-order valence-electron chi connectivity index (χ2n) is 3.94. The van der Waals surface area contributed by atoms with Crippen molar-refractivity contribution in [2.75, 3.05) is 18.6 Å². The standard InChI is InChI=1S/C12H12BrN3O3S/c1-14-11-10(13)12(16-7-15-11)19-8-4-3-5-9(6-8)20(2,17)18/h3-7H,1-2H3,(H,14,15,16). The van der Waals surface area contributed by atoms with Crippen LogP contribution in [0.2, 0.25) is 0 Å². The molecular weight excluding hydrogens is 346 g/mol. The molecule has 0 unspecified atom stereocenters.